The molecule has 4 aromatic rings. The van der Waals surface area contributed by atoms with E-state index in [0.717, 1.165) is 6.07 Å². The summed E-state index contributed by atoms with van der Waals surface area (Å²) in [6, 6.07) is 6.63. The van der Waals surface area contributed by atoms with E-state index < -0.39 is 17.7 Å². The maximum absolute atomic E-state index is 14.3. The van der Waals surface area contributed by atoms with Crippen LogP contribution in [0.1, 0.15) is 40.2 Å². The molecule has 0 aliphatic rings. The molecule has 180 valence electrons. The van der Waals surface area contributed by atoms with Gasteiger partial charge in [-0.3, -0.25) is 0 Å². The number of nitrogens with one attached hydrogen (secondary N) is 1. The number of halogens is 2. The molecule has 1 atom stereocenters. The summed E-state index contributed by atoms with van der Waals surface area (Å²) in [5.41, 5.74) is 1.80. The maximum atomic E-state index is 14.3. The van der Waals surface area contributed by atoms with Gasteiger partial charge in [-0.05, 0) is 32.9 Å². The molecule has 0 amide bonds. The fourth-order valence-corrected chi connectivity index (χ4v) is 3.35. The van der Waals surface area contributed by atoms with Crippen molar-refractivity contribution in [3.63, 3.8) is 0 Å². The van der Waals surface area contributed by atoms with Crippen molar-refractivity contribution in [2.75, 3.05) is 19.0 Å². The molecule has 34 heavy (non-hydrogen) atoms. The highest BCUT2D eigenvalue weighted by Gasteiger charge is 2.19. The molecule has 0 unspecified atom stereocenters. The topological polar surface area (TPSA) is 86.5 Å². The predicted octanol–water partition coefficient (Wildman–Crippen LogP) is 5.08. The van der Waals surface area contributed by atoms with Gasteiger partial charge in [-0.15, -0.1) is 0 Å². The van der Waals surface area contributed by atoms with Gasteiger partial charge in [0.25, 0.3) is 0 Å². The minimum absolute atomic E-state index is 0. The first-order valence-corrected chi connectivity index (χ1v) is 10.8. The summed E-state index contributed by atoms with van der Waals surface area (Å²) in [6.45, 7) is 6.02. The number of anilines is 1. The number of hydrogen-bond acceptors (Lipinski definition) is 7. The highest BCUT2D eigenvalue weighted by Crippen LogP contribution is 2.28. The van der Waals surface area contributed by atoms with E-state index in [4.69, 9.17) is 9.47 Å². The Hall–Kier alpha value is -3.66. The number of fused-ring (bicyclic) bond motifs is 1. The second-order valence-electron chi connectivity index (χ2n) is 8.46. The zero-order valence-corrected chi connectivity index (χ0v) is 19.4. The molecule has 0 radical (unpaired) electrons. The summed E-state index contributed by atoms with van der Waals surface area (Å²) < 4.78 is 40.6. The lowest BCUT2D eigenvalue weighted by Gasteiger charge is -2.22. The number of nitrogens with zero attached hydrogens (tertiary/aromatic N) is 5. The molecule has 1 aromatic carbocycles. The van der Waals surface area contributed by atoms with Crippen LogP contribution in [0.2, 0.25) is 0 Å². The minimum atomic E-state index is -0.639. The third-order valence-corrected chi connectivity index (χ3v) is 5.54. The van der Waals surface area contributed by atoms with Crippen LogP contribution in [0, 0.1) is 11.6 Å². The summed E-state index contributed by atoms with van der Waals surface area (Å²) in [4.78, 5) is 13.4. The van der Waals surface area contributed by atoms with Crippen molar-refractivity contribution in [2.45, 2.75) is 38.8 Å². The summed E-state index contributed by atoms with van der Waals surface area (Å²) in [5.74, 6) is -0.857. The van der Waals surface area contributed by atoms with E-state index in [-0.39, 0.29) is 13.0 Å². The van der Waals surface area contributed by atoms with E-state index in [1.54, 1.807) is 49.3 Å². The van der Waals surface area contributed by atoms with Crippen LogP contribution in [-0.2, 0) is 4.74 Å². The lowest BCUT2D eigenvalue weighted by molar-refractivity contribution is 0.00469. The first-order chi connectivity index (χ1) is 16.3. The zero-order valence-electron chi connectivity index (χ0n) is 19.4. The van der Waals surface area contributed by atoms with E-state index in [1.807, 2.05) is 13.8 Å². The van der Waals surface area contributed by atoms with Crippen LogP contribution >= 0.6 is 0 Å². The van der Waals surface area contributed by atoms with E-state index >= 15 is 0 Å². The quantitative estimate of drug-likeness (QED) is 0.365. The first kappa shape index (κ1) is 23.5. The molecule has 8 nitrogen and oxygen atoms in total. The van der Waals surface area contributed by atoms with Crippen LogP contribution in [0.5, 0.6) is 6.01 Å². The molecule has 3 aromatic heterocycles. The van der Waals surface area contributed by atoms with E-state index in [2.05, 4.69) is 25.4 Å². The van der Waals surface area contributed by atoms with Gasteiger partial charge in [-0.25, -0.2) is 18.3 Å². The van der Waals surface area contributed by atoms with Crippen LogP contribution in [0.3, 0.4) is 0 Å². The highest BCUT2D eigenvalue weighted by atomic mass is 19.1. The number of aromatic nitrogens is 5. The van der Waals surface area contributed by atoms with Crippen LogP contribution < -0.4 is 10.1 Å². The van der Waals surface area contributed by atoms with Gasteiger partial charge in [-0.2, -0.15) is 15.1 Å². The van der Waals surface area contributed by atoms with Crippen LogP contribution in [0.15, 0.2) is 48.9 Å². The number of methoxy groups -OCH3 is 1. The molecule has 4 rings (SSSR count). The average Bonchev–Trinajstić information content (AvgIpc) is 3.23. The summed E-state index contributed by atoms with van der Waals surface area (Å²) in [5, 5.41) is 7.48. The van der Waals surface area contributed by atoms with Crippen molar-refractivity contribution in [3.05, 3.63) is 66.1 Å². The summed E-state index contributed by atoms with van der Waals surface area (Å²) >= 11 is 0. The second kappa shape index (κ2) is 9.68. The Balaban J connectivity index is 0.00000342. The van der Waals surface area contributed by atoms with Crippen molar-refractivity contribution in [2.24, 2.45) is 0 Å². The third-order valence-electron chi connectivity index (χ3n) is 5.54. The number of hydrogen-bond donors (Lipinski definition) is 1. The Kier molecular flexibility index (Phi) is 6.69. The molecule has 0 bridgehead atoms. The molecule has 0 fully saturated rings. The molecular weight excluding hydrogens is 442 g/mol. The van der Waals surface area contributed by atoms with Gasteiger partial charge in [0, 0.05) is 45.0 Å². The number of ether oxygens (including phenoxy) is 2. The van der Waals surface area contributed by atoms with Crippen molar-refractivity contribution in [3.8, 4) is 17.3 Å². The van der Waals surface area contributed by atoms with E-state index in [1.165, 1.54) is 12.1 Å². The Labute approximate surface area is 197 Å². The van der Waals surface area contributed by atoms with Crippen molar-refractivity contribution < 1.29 is 19.7 Å². The van der Waals surface area contributed by atoms with Crippen molar-refractivity contribution >= 4 is 11.5 Å². The Morgan fingerprint density at radius 1 is 1.21 bits per heavy atom. The van der Waals surface area contributed by atoms with Crippen LogP contribution in [0.4, 0.5) is 14.6 Å². The monoisotopic (exact) mass is 470 g/mol. The normalized spacial score (nSPS) is 12.6. The smallest absolute Gasteiger partial charge is 0.318 e. The molecule has 3 heterocycles. The van der Waals surface area contributed by atoms with Gasteiger partial charge in [0.15, 0.2) is 5.65 Å². The third kappa shape index (κ3) is 5.28. The summed E-state index contributed by atoms with van der Waals surface area (Å²) in [7, 11) is 1.65. The maximum Gasteiger partial charge on any atom is 0.318 e. The van der Waals surface area contributed by atoms with Gasteiger partial charge in [0.2, 0.25) is 0 Å². The average molecular weight is 471 g/mol. The first-order valence-electron chi connectivity index (χ1n) is 10.8. The molecular formula is C24H28F2N6O2. The molecule has 0 aliphatic carbocycles. The SMILES string of the molecule is COC(C)(C)CCOc1nc(N[C@@H](C)c2ccc(F)cc2F)cc(-c2cnn3cccnc23)n1.[HH]. The Morgan fingerprint density at radius 3 is 2.79 bits per heavy atom. The van der Waals surface area contributed by atoms with E-state index in [9.17, 15) is 8.78 Å². The van der Waals surface area contributed by atoms with Crippen LogP contribution in [0.25, 0.3) is 16.9 Å². The molecule has 0 aliphatic heterocycles. The largest absolute Gasteiger partial charge is 0.463 e. The van der Waals surface area contributed by atoms with Crippen molar-refractivity contribution in [1.29, 1.82) is 0 Å². The zero-order chi connectivity index (χ0) is 24.3. The van der Waals surface area contributed by atoms with Gasteiger partial charge in [0.1, 0.15) is 17.5 Å². The molecule has 10 heteroatoms. The Bertz CT molecular complexity index is 1300. The second-order valence-corrected chi connectivity index (χ2v) is 8.46. The standard InChI is InChI=1S/C24H26F2N6O2.H2/c1-15(17-7-6-16(25)12-19(17)26)29-21-13-20(18-14-28-32-10-5-9-27-22(18)32)30-23(31-21)34-11-8-24(2,3)33-4;/h5-7,9-10,12-15H,8,11H2,1-4H3,(H,29,30,31);1H/t15-;/m0./s1. The fraction of sp³-hybridized carbons (Fsp3) is 0.333. The van der Waals surface area contributed by atoms with Gasteiger partial charge < -0.3 is 14.8 Å². The highest BCUT2D eigenvalue weighted by molar-refractivity contribution is 5.75. The molecule has 0 saturated carbocycles. The van der Waals surface area contributed by atoms with Gasteiger partial charge in [0.05, 0.1) is 35.7 Å². The van der Waals surface area contributed by atoms with Crippen LogP contribution in [-0.4, -0.2) is 43.9 Å². The number of rotatable bonds is 9. The van der Waals surface area contributed by atoms with E-state index in [0.29, 0.717) is 41.3 Å². The van der Waals surface area contributed by atoms with Gasteiger partial charge in [-0.1, -0.05) is 6.07 Å². The molecule has 0 spiro atoms. The molecule has 0 saturated heterocycles. The van der Waals surface area contributed by atoms with Crippen molar-refractivity contribution in [1.82, 2.24) is 24.6 Å². The van der Waals surface area contributed by atoms with Gasteiger partial charge >= 0.3 is 6.01 Å². The Morgan fingerprint density at radius 2 is 2.03 bits per heavy atom. The minimum Gasteiger partial charge on any atom is -0.463 e. The lowest BCUT2D eigenvalue weighted by Crippen LogP contribution is -2.25. The summed E-state index contributed by atoms with van der Waals surface area (Å²) in [6.07, 6.45) is 5.74. The fourth-order valence-electron chi connectivity index (χ4n) is 3.35. The molecule has 1 N–H and O–H groups in total. The number of benzene rings is 1. The predicted molar refractivity (Wildman–Crippen MR) is 126 cm³/mol. The lowest BCUT2D eigenvalue weighted by atomic mass is 10.1.